The first-order chi connectivity index (χ1) is 13.0. The maximum absolute atomic E-state index is 12.9. The average molecular weight is 360 g/mol. The van der Waals surface area contributed by atoms with Crippen LogP contribution in [-0.2, 0) is 6.42 Å². The van der Waals surface area contributed by atoms with E-state index in [1.165, 1.54) is 18.2 Å². The van der Waals surface area contributed by atoms with Gasteiger partial charge in [0, 0.05) is 17.5 Å². The summed E-state index contributed by atoms with van der Waals surface area (Å²) in [5.41, 5.74) is 1.62. The number of methoxy groups -OCH3 is 1. The number of ketones is 2. The van der Waals surface area contributed by atoms with Crippen molar-refractivity contribution in [3.05, 3.63) is 88.0 Å². The van der Waals surface area contributed by atoms with Gasteiger partial charge < -0.3 is 14.9 Å². The van der Waals surface area contributed by atoms with E-state index in [0.29, 0.717) is 12.0 Å². The van der Waals surface area contributed by atoms with Crippen molar-refractivity contribution in [2.75, 3.05) is 7.11 Å². The molecule has 1 aliphatic rings. The number of fused-ring (bicyclic) bond motifs is 2. The fraction of sp³-hybridized carbons (Fsp3) is 0.0909. The van der Waals surface area contributed by atoms with E-state index in [9.17, 15) is 19.8 Å². The number of phenols is 2. The van der Waals surface area contributed by atoms with Gasteiger partial charge in [0.05, 0.1) is 18.2 Å². The van der Waals surface area contributed by atoms with Gasteiger partial charge in [-0.1, -0.05) is 30.3 Å². The number of benzene rings is 3. The molecular formula is C22H16O5. The van der Waals surface area contributed by atoms with Crippen molar-refractivity contribution in [1.29, 1.82) is 0 Å². The third kappa shape index (κ3) is 2.64. The van der Waals surface area contributed by atoms with Crippen LogP contribution >= 0.6 is 0 Å². The molecule has 0 heterocycles. The predicted molar refractivity (Wildman–Crippen MR) is 98.9 cm³/mol. The van der Waals surface area contributed by atoms with Gasteiger partial charge in [0.2, 0.25) is 5.78 Å². The van der Waals surface area contributed by atoms with Gasteiger partial charge in [0.15, 0.2) is 5.78 Å². The molecule has 0 aliphatic heterocycles. The Kier molecular flexibility index (Phi) is 3.92. The minimum Gasteiger partial charge on any atom is -0.507 e. The van der Waals surface area contributed by atoms with Gasteiger partial charge in [-0.15, -0.1) is 0 Å². The van der Waals surface area contributed by atoms with Crippen molar-refractivity contribution in [2.24, 2.45) is 0 Å². The van der Waals surface area contributed by atoms with Gasteiger partial charge in [-0.05, 0) is 35.4 Å². The molecule has 0 atom stereocenters. The lowest BCUT2D eigenvalue weighted by Gasteiger charge is -2.20. The second-order valence-electron chi connectivity index (χ2n) is 6.38. The Morgan fingerprint density at radius 1 is 0.815 bits per heavy atom. The molecule has 5 nitrogen and oxygen atoms in total. The molecule has 0 aromatic heterocycles. The number of phenolic OH excluding ortho intramolecular Hbond substituents is 2. The summed E-state index contributed by atoms with van der Waals surface area (Å²) in [6.45, 7) is 0. The van der Waals surface area contributed by atoms with Gasteiger partial charge in [-0.2, -0.15) is 0 Å². The minimum atomic E-state index is -0.549. The average Bonchev–Trinajstić information content (AvgIpc) is 2.68. The van der Waals surface area contributed by atoms with Crippen LogP contribution in [0, 0.1) is 0 Å². The minimum absolute atomic E-state index is 0.0555. The lowest BCUT2D eigenvalue weighted by atomic mass is 9.81. The fourth-order valence-corrected chi connectivity index (χ4v) is 3.40. The van der Waals surface area contributed by atoms with E-state index in [1.54, 1.807) is 19.2 Å². The molecule has 0 fully saturated rings. The molecule has 4 rings (SSSR count). The number of carbonyl (C=O) groups is 2. The van der Waals surface area contributed by atoms with Crippen LogP contribution in [-0.4, -0.2) is 28.9 Å². The lowest BCUT2D eigenvalue weighted by Crippen LogP contribution is -2.21. The first kappa shape index (κ1) is 16.8. The third-order valence-corrected chi connectivity index (χ3v) is 4.80. The highest BCUT2D eigenvalue weighted by Gasteiger charge is 2.34. The summed E-state index contributed by atoms with van der Waals surface area (Å²) in [7, 11) is 1.58. The van der Waals surface area contributed by atoms with Gasteiger partial charge >= 0.3 is 0 Å². The molecule has 3 aromatic carbocycles. The van der Waals surface area contributed by atoms with E-state index in [-0.39, 0.29) is 39.5 Å². The number of carbonyl (C=O) groups excluding carboxylic acids is 2. The second-order valence-corrected chi connectivity index (χ2v) is 6.38. The van der Waals surface area contributed by atoms with Crippen molar-refractivity contribution in [3.8, 4) is 17.2 Å². The summed E-state index contributed by atoms with van der Waals surface area (Å²) in [5, 5.41) is 20.8. The van der Waals surface area contributed by atoms with E-state index in [0.717, 1.165) is 11.3 Å². The molecule has 1 aliphatic carbocycles. The van der Waals surface area contributed by atoms with Gasteiger partial charge in [-0.3, -0.25) is 9.59 Å². The number of hydrogen-bond acceptors (Lipinski definition) is 5. The van der Waals surface area contributed by atoms with E-state index in [2.05, 4.69) is 0 Å². The SMILES string of the molecule is COc1ccc(Cc2ccc3c(c2O)C(=O)c2c(O)cccc2C3=O)cc1. The van der Waals surface area contributed by atoms with Crippen LogP contribution in [0.3, 0.4) is 0 Å². The molecule has 3 aromatic rings. The Morgan fingerprint density at radius 2 is 1.52 bits per heavy atom. The Labute approximate surface area is 155 Å². The first-order valence-electron chi connectivity index (χ1n) is 8.40. The Balaban J connectivity index is 1.79. The van der Waals surface area contributed by atoms with E-state index >= 15 is 0 Å². The smallest absolute Gasteiger partial charge is 0.201 e. The van der Waals surface area contributed by atoms with Crippen LogP contribution in [0.15, 0.2) is 54.6 Å². The normalized spacial score (nSPS) is 12.5. The van der Waals surface area contributed by atoms with Crippen LogP contribution in [0.4, 0.5) is 0 Å². The van der Waals surface area contributed by atoms with Gasteiger partial charge in [0.1, 0.15) is 17.2 Å². The standard InChI is InChI=1S/C22H16O5/c1-27-14-8-5-12(6-9-14)11-13-7-10-16-19(20(13)24)22(26)18-15(21(16)25)3-2-4-17(18)23/h2-10,23-24H,11H2,1H3. The number of aromatic hydroxyl groups is 2. The third-order valence-electron chi connectivity index (χ3n) is 4.80. The molecule has 0 saturated carbocycles. The Hall–Kier alpha value is -3.60. The highest BCUT2D eigenvalue weighted by atomic mass is 16.5. The van der Waals surface area contributed by atoms with Crippen molar-refractivity contribution in [3.63, 3.8) is 0 Å². The highest BCUT2D eigenvalue weighted by Crippen LogP contribution is 2.38. The van der Waals surface area contributed by atoms with Crippen LogP contribution in [0.2, 0.25) is 0 Å². The summed E-state index contributed by atoms with van der Waals surface area (Å²) in [6, 6.07) is 14.9. The van der Waals surface area contributed by atoms with E-state index in [4.69, 9.17) is 4.74 Å². The molecule has 0 bridgehead atoms. The Morgan fingerprint density at radius 3 is 2.22 bits per heavy atom. The number of hydrogen-bond donors (Lipinski definition) is 2. The quantitative estimate of drug-likeness (QED) is 0.584. The molecule has 0 amide bonds. The molecular weight excluding hydrogens is 344 g/mol. The molecule has 0 saturated heterocycles. The second kappa shape index (κ2) is 6.29. The first-order valence-corrected chi connectivity index (χ1v) is 8.40. The fourth-order valence-electron chi connectivity index (χ4n) is 3.40. The largest absolute Gasteiger partial charge is 0.507 e. The van der Waals surface area contributed by atoms with Crippen molar-refractivity contribution < 1.29 is 24.5 Å². The topological polar surface area (TPSA) is 83.8 Å². The summed E-state index contributed by atoms with van der Waals surface area (Å²) in [6.07, 6.45) is 0.387. The van der Waals surface area contributed by atoms with Gasteiger partial charge in [0.25, 0.3) is 0 Å². The zero-order valence-corrected chi connectivity index (χ0v) is 14.5. The molecule has 5 heteroatoms. The van der Waals surface area contributed by atoms with Crippen LogP contribution in [0.5, 0.6) is 17.2 Å². The number of rotatable bonds is 3. The summed E-state index contributed by atoms with van der Waals surface area (Å²) >= 11 is 0. The molecule has 2 N–H and O–H groups in total. The molecule has 0 unspecified atom stereocenters. The van der Waals surface area contributed by atoms with Crippen molar-refractivity contribution in [1.82, 2.24) is 0 Å². The summed E-state index contributed by atoms with van der Waals surface area (Å²) < 4.78 is 5.13. The molecule has 0 radical (unpaired) electrons. The zero-order valence-electron chi connectivity index (χ0n) is 14.5. The van der Waals surface area contributed by atoms with Crippen molar-refractivity contribution in [2.45, 2.75) is 6.42 Å². The summed E-state index contributed by atoms with van der Waals surface area (Å²) in [4.78, 5) is 25.6. The van der Waals surface area contributed by atoms with E-state index < -0.39 is 5.78 Å². The lowest BCUT2D eigenvalue weighted by molar-refractivity contribution is 0.0974. The molecule has 134 valence electrons. The van der Waals surface area contributed by atoms with Crippen LogP contribution < -0.4 is 4.74 Å². The van der Waals surface area contributed by atoms with Crippen molar-refractivity contribution >= 4 is 11.6 Å². The Bertz CT molecular complexity index is 1080. The maximum atomic E-state index is 12.9. The highest BCUT2D eigenvalue weighted by molar-refractivity contribution is 6.30. The predicted octanol–water partition coefficient (Wildman–Crippen LogP) is 3.47. The van der Waals surface area contributed by atoms with E-state index in [1.807, 2.05) is 24.3 Å². The number of ether oxygens (including phenoxy) is 1. The van der Waals surface area contributed by atoms with Crippen LogP contribution in [0.25, 0.3) is 0 Å². The molecule has 0 spiro atoms. The summed E-state index contributed by atoms with van der Waals surface area (Å²) in [5.74, 6) is -0.707. The molecule has 27 heavy (non-hydrogen) atoms. The zero-order chi connectivity index (χ0) is 19.1. The van der Waals surface area contributed by atoms with Crippen LogP contribution in [0.1, 0.15) is 43.0 Å². The maximum Gasteiger partial charge on any atom is 0.201 e. The van der Waals surface area contributed by atoms with Gasteiger partial charge in [-0.25, -0.2) is 0 Å². The monoisotopic (exact) mass is 360 g/mol.